The number of ether oxygens (including phenoxy) is 1. The van der Waals surface area contributed by atoms with Gasteiger partial charge in [0.25, 0.3) is 0 Å². The third kappa shape index (κ3) is 3.43. The number of likely N-dealkylation sites (N-methyl/N-ethyl adjacent to an activating group) is 1. The van der Waals surface area contributed by atoms with E-state index in [0.29, 0.717) is 19.2 Å². The highest BCUT2D eigenvalue weighted by Crippen LogP contribution is 2.09. The molecule has 16 heavy (non-hydrogen) atoms. The molecule has 1 heterocycles. The van der Waals surface area contributed by atoms with E-state index in [4.69, 9.17) is 4.74 Å². The van der Waals surface area contributed by atoms with Gasteiger partial charge in [0.05, 0.1) is 12.6 Å². The fourth-order valence-electron chi connectivity index (χ4n) is 1.93. The minimum atomic E-state index is -0.0612. The summed E-state index contributed by atoms with van der Waals surface area (Å²) in [5.74, 6) is 0.0887. The van der Waals surface area contributed by atoms with E-state index in [9.17, 15) is 4.79 Å². The van der Waals surface area contributed by atoms with Crippen LogP contribution in [0.4, 0.5) is 0 Å². The Morgan fingerprint density at radius 3 is 2.75 bits per heavy atom. The summed E-state index contributed by atoms with van der Waals surface area (Å²) in [7, 11) is 1.63. The maximum atomic E-state index is 11.8. The zero-order valence-corrected chi connectivity index (χ0v) is 10.5. The smallest absolute Gasteiger partial charge is 0.237 e. The van der Waals surface area contributed by atoms with Crippen LogP contribution >= 0.6 is 0 Å². The van der Waals surface area contributed by atoms with Gasteiger partial charge in [-0.2, -0.15) is 0 Å². The molecule has 1 rings (SSSR count). The predicted molar refractivity (Wildman–Crippen MR) is 63.4 cm³/mol. The third-order valence-corrected chi connectivity index (χ3v) is 3.08. The summed E-state index contributed by atoms with van der Waals surface area (Å²) in [6, 6.07) is 0.446. The van der Waals surface area contributed by atoms with Crippen molar-refractivity contribution < 1.29 is 9.53 Å². The predicted octanol–water partition coefficient (Wildman–Crippen LogP) is -0.569. The molecule has 0 bridgehead atoms. The van der Waals surface area contributed by atoms with E-state index in [2.05, 4.69) is 22.5 Å². The molecule has 1 aliphatic rings. The second-order valence-corrected chi connectivity index (χ2v) is 4.10. The van der Waals surface area contributed by atoms with E-state index in [1.165, 1.54) is 0 Å². The Morgan fingerprint density at radius 2 is 2.31 bits per heavy atom. The van der Waals surface area contributed by atoms with Gasteiger partial charge in [-0.1, -0.05) is 6.92 Å². The van der Waals surface area contributed by atoms with Gasteiger partial charge in [-0.05, 0) is 13.5 Å². The number of carbonyl (C=O) groups excluding carboxylic acids is 1. The number of hydrogen-bond donors (Lipinski definition) is 2. The van der Waals surface area contributed by atoms with Crippen molar-refractivity contribution in [2.45, 2.75) is 25.9 Å². The van der Waals surface area contributed by atoms with Gasteiger partial charge in [0.15, 0.2) is 0 Å². The van der Waals surface area contributed by atoms with E-state index in [0.717, 1.165) is 19.6 Å². The van der Waals surface area contributed by atoms with Gasteiger partial charge in [-0.3, -0.25) is 9.69 Å². The zero-order chi connectivity index (χ0) is 12.0. The van der Waals surface area contributed by atoms with Crippen molar-refractivity contribution in [1.29, 1.82) is 0 Å². The van der Waals surface area contributed by atoms with Crippen molar-refractivity contribution in [3.05, 3.63) is 0 Å². The summed E-state index contributed by atoms with van der Waals surface area (Å²) in [6.45, 7) is 8.09. The van der Waals surface area contributed by atoms with E-state index in [1.54, 1.807) is 7.11 Å². The third-order valence-electron chi connectivity index (χ3n) is 3.08. The monoisotopic (exact) mass is 229 g/mol. The van der Waals surface area contributed by atoms with Gasteiger partial charge in [-0.25, -0.2) is 0 Å². The minimum Gasteiger partial charge on any atom is -0.383 e. The number of amides is 1. The molecule has 0 aliphatic carbocycles. The molecule has 5 nitrogen and oxygen atoms in total. The van der Waals surface area contributed by atoms with Gasteiger partial charge < -0.3 is 15.4 Å². The molecule has 1 atom stereocenters. The standard InChI is InChI=1S/C11H23N3O2/c1-4-14(10-7-12-8-10)9(2)11(15)13-5-6-16-3/h9-10,12H,4-8H2,1-3H3,(H,13,15). The van der Waals surface area contributed by atoms with Gasteiger partial charge in [0.1, 0.15) is 0 Å². The number of carbonyl (C=O) groups is 1. The quantitative estimate of drug-likeness (QED) is 0.574. The Morgan fingerprint density at radius 1 is 1.62 bits per heavy atom. The number of methoxy groups -OCH3 is 1. The van der Waals surface area contributed by atoms with Gasteiger partial charge in [0, 0.05) is 32.8 Å². The van der Waals surface area contributed by atoms with Crippen LogP contribution in [0.3, 0.4) is 0 Å². The molecule has 1 unspecified atom stereocenters. The first kappa shape index (κ1) is 13.4. The van der Waals surface area contributed by atoms with Crippen molar-refractivity contribution >= 4 is 5.91 Å². The topological polar surface area (TPSA) is 53.6 Å². The molecule has 1 aliphatic heterocycles. The Labute approximate surface area is 97.5 Å². The number of hydrogen-bond acceptors (Lipinski definition) is 4. The van der Waals surface area contributed by atoms with Crippen LogP contribution in [0.1, 0.15) is 13.8 Å². The van der Waals surface area contributed by atoms with Crippen LogP contribution in [0.25, 0.3) is 0 Å². The molecule has 0 aromatic heterocycles. The normalized spacial score (nSPS) is 18.2. The fraction of sp³-hybridized carbons (Fsp3) is 0.909. The van der Waals surface area contributed by atoms with Crippen LogP contribution in [-0.4, -0.2) is 62.8 Å². The Hall–Kier alpha value is -0.650. The molecule has 1 fully saturated rings. The molecule has 5 heteroatoms. The van der Waals surface area contributed by atoms with Crippen molar-refractivity contribution in [2.75, 3.05) is 39.9 Å². The van der Waals surface area contributed by atoms with Crippen LogP contribution in [0.15, 0.2) is 0 Å². The lowest BCUT2D eigenvalue weighted by Gasteiger charge is -2.40. The van der Waals surface area contributed by atoms with Gasteiger partial charge >= 0.3 is 0 Å². The van der Waals surface area contributed by atoms with Crippen molar-refractivity contribution in [1.82, 2.24) is 15.5 Å². The lowest BCUT2D eigenvalue weighted by molar-refractivity contribution is -0.127. The molecule has 94 valence electrons. The van der Waals surface area contributed by atoms with Crippen molar-refractivity contribution in [2.24, 2.45) is 0 Å². The number of nitrogens with zero attached hydrogens (tertiary/aromatic N) is 1. The summed E-state index contributed by atoms with van der Waals surface area (Å²) in [5, 5.41) is 6.10. The van der Waals surface area contributed by atoms with Crippen LogP contribution in [0.2, 0.25) is 0 Å². The fourth-order valence-corrected chi connectivity index (χ4v) is 1.93. The largest absolute Gasteiger partial charge is 0.383 e. The summed E-state index contributed by atoms with van der Waals surface area (Å²) < 4.78 is 4.90. The second-order valence-electron chi connectivity index (χ2n) is 4.10. The number of nitrogens with one attached hydrogen (secondary N) is 2. The Balaban J connectivity index is 2.34. The van der Waals surface area contributed by atoms with Crippen molar-refractivity contribution in [3.63, 3.8) is 0 Å². The van der Waals surface area contributed by atoms with Crippen molar-refractivity contribution in [3.8, 4) is 0 Å². The van der Waals surface area contributed by atoms with E-state index in [1.807, 2.05) is 6.92 Å². The van der Waals surface area contributed by atoms with Crippen LogP contribution < -0.4 is 10.6 Å². The summed E-state index contributed by atoms with van der Waals surface area (Å²) >= 11 is 0. The minimum absolute atomic E-state index is 0.0612. The molecule has 0 saturated carbocycles. The molecule has 1 saturated heterocycles. The molecule has 1 amide bonds. The zero-order valence-electron chi connectivity index (χ0n) is 10.5. The van der Waals surface area contributed by atoms with E-state index < -0.39 is 0 Å². The van der Waals surface area contributed by atoms with Crippen LogP contribution in [0, 0.1) is 0 Å². The molecule has 0 aromatic rings. The van der Waals surface area contributed by atoms with Crippen LogP contribution in [-0.2, 0) is 9.53 Å². The van der Waals surface area contributed by atoms with Gasteiger partial charge in [-0.15, -0.1) is 0 Å². The SMILES string of the molecule is CCN(C1CNC1)C(C)C(=O)NCCOC. The first-order valence-electron chi connectivity index (χ1n) is 5.93. The highest BCUT2D eigenvalue weighted by atomic mass is 16.5. The first-order valence-corrected chi connectivity index (χ1v) is 5.93. The van der Waals surface area contributed by atoms with E-state index in [-0.39, 0.29) is 11.9 Å². The second kappa shape index (κ2) is 6.83. The number of rotatable bonds is 7. The summed E-state index contributed by atoms with van der Waals surface area (Å²) in [5.41, 5.74) is 0. The average molecular weight is 229 g/mol. The molecular formula is C11H23N3O2. The molecule has 2 N–H and O–H groups in total. The lowest BCUT2D eigenvalue weighted by Crippen LogP contribution is -2.61. The Bertz CT molecular complexity index is 219. The average Bonchev–Trinajstić information content (AvgIpc) is 2.22. The lowest BCUT2D eigenvalue weighted by atomic mass is 10.1. The van der Waals surface area contributed by atoms with E-state index >= 15 is 0 Å². The van der Waals surface area contributed by atoms with Crippen LogP contribution in [0.5, 0.6) is 0 Å². The molecule has 0 spiro atoms. The highest BCUT2D eigenvalue weighted by molar-refractivity contribution is 5.81. The molecule has 0 radical (unpaired) electrons. The maximum absolute atomic E-state index is 11.8. The highest BCUT2D eigenvalue weighted by Gasteiger charge is 2.30. The molecule has 0 aromatic carbocycles. The summed E-state index contributed by atoms with van der Waals surface area (Å²) in [4.78, 5) is 14.1. The Kier molecular flexibility index (Phi) is 5.73. The van der Waals surface area contributed by atoms with Gasteiger partial charge in [0.2, 0.25) is 5.91 Å². The summed E-state index contributed by atoms with van der Waals surface area (Å²) in [6.07, 6.45) is 0. The first-order chi connectivity index (χ1) is 7.70. The maximum Gasteiger partial charge on any atom is 0.237 e. The molecular weight excluding hydrogens is 206 g/mol.